The van der Waals surface area contributed by atoms with Crippen LogP contribution in [-0.4, -0.2) is 10.2 Å². The fourth-order valence-electron chi connectivity index (χ4n) is 1.68. The van der Waals surface area contributed by atoms with E-state index in [0.29, 0.717) is 36.5 Å². The predicted octanol–water partition coefficient (Wildman–Crippen LogP) is 5.52. The van der Waals surface area contributed by atoms with Crippen molar-refractivity contribution in [3.05, 3.63) is 54.4 Å². The van der Waals surface area contributed by atoms with Crippen LogP contribution in [0.4, 0.5) is 0 Å². The van der Waals surface area contributed by atoms with Gasteiger partial charge in [-0.1, -0.05) is 23.2 Å². The van der Waals surface area contributed by atoms with Crippen molar-refractivity contribution in [2.75, 3.05) is 0 Å². The average Bonchev–Trinajstić information content (AvgIpc) is 2.38. The van der Waals surface area contributed by atoms with E-state index in [0.717, 1.165) is 0 Å². The van der Waals surface area contributed by atoms with E-state index in [1.807, 2.05) is 0 Å². The van der Waals surface area contributed by atoms with Crippen molar-refractivity contribution >= 4 is 55.1 Å². The fraction of sp³-hybridized carbons (Fsp3) is 0.0769. The van der Waals surface area contributed by atoms with E-state index < -0.39 is 0 Å². The molecule has 2 nitrogen and oxygen atoms in total. The topological polar surface area (TPSA) is 40.5 Å². The number of hydrogen-bond acceptors (Lipinski definition) is 2. The highest BCUT2D eigenvalue weighted by molar-refractivity contribution is 9.11. The lowest BCUT2D eigenvalue weighted by Gasteiger charge is -2.12. The van der Waals surface area contributed by atoms with E-state index in [9.17, 15) is 10.2 Å². The molecule has 6 heteroatoms. The van der Waals surface area contributed by atoms with Crippen molar-refractivity contribution in [2.24, 2.45) is 0 Å². The standard InChI is InChI=1S/C13H8Br2Cl2O2/c14-12-6(10(18)3-1-8(12)16)5-7-11(19)4-2-9(17)13(7)15/h1-4,18-19H,5H2. The number of rotatable bonds is 2. The highest BCUT2D eigenvalue weighted by Crippen LogP contribution is 2.39. The first-order valence-electron chi connectivity index (χ1n) is 5.23. The van der Waals surface area contributed by atoms with Crippen LogP contribution in [0.3, 0.4) is 0 Å². The number of hydrogen-bond donors (Lipinski definition) is 2. The Morgan fingerprint density at radius 2 is 1.16 bits per heavy atom. The minimum atomic E-state index is 0.0996. The maximum Gasteiger partial charge on any atom is 0.120 e. The van der Waals surface area contributed by atoms with Crippen molar-refractivity contribution in [3.63, 3.8) is 0 Å². The van der Waals surface area contributed by atoms with Crippen LogP contribution in [0.2, 0.25) is 10.0 Å². The van der Waals surface area contributed by atoms with Crippen LogP contribution in [0.5, 0.6) is 11.5 Å². The Morgan fingerprint density at radius 3 is 1.53 bits per heavy atom. The Labute approximate surface area is 137 Å². The number of phenolic OH excluding ortho intramolecular Hbond substituents is 2. The smallest absolute Gasteiger partial charge is 0.120 e. The maximum absolute atomic E-state index is 9.91. The summed E-state index contributed by atoms with van der Waals surface area (Å²) < 4.78 is 1.20. The molecule has 0 unspecified atom stereocenters. The van der Waals surface area contributed by atoms with E-state index in [1.54, 1.807) is 12.1 Å². The molecule has 0 fully saturated rings. The van der Waals surface area contributed by atoms with Gasteiger partial charge < -0.3 is 10.2 Å². The third kappa shape index (κ3) is 3.02. The Morgan fingerprint density at radius 1 is 0.789 bits per heavy atom. The zero-order chi connectivity index (χ0) is 14.2. The van der Waals surface area contributed by atoms with Crippen molar-refractivity contribution in [3.8, 4) is 11.5 Å². The lowest BCUT2D eigenvalue weighted by atomic mass is 10.0. The Kier molecular flexibility index (Phi) is 4.66. The first-order chi connectivity index (χ1) is 8.91. The first kappa shape index (κ1) is 15.0. The molecule has 0 amide bonds. The number of phenols is 2. The molecule has 0 saturated heterocycles. The Hall–Kier alpha value is -0.420. The number of aromatic hydroxyl groups is 2. The summed E-state index contributed by atoms with van der Waals surface area (Å²) in [6, 6.07) is 6.21. The van der Waals surface area contributed by atoms with Gasteiger partial charge in [0.2, 0.25) is 0 Å². The summed E-state index contributed by atoms with van der Waals surface area (Å²) in [5, 5.41) is 20.8. The summed E-state index contributed by atoms with van der Waals surface area (Å²) in [6.45, 7) is 0. The van der Waals surface area contributed by atoms with E-state index >= 15 is 0 Å². The van der Waals surface area contributed by atoms with Crippen LogP contribution in [0.25, 0.3) is 0 Å². The van der Waals surface area contributed by atoms with Gasteiger partial charge in [0.1, 0.15) is 11.5 Å². The quantitative estimate of drug-likeness (QED) is 0.663. The second-order valence-corrected chi connectivity index (χ2v) is 6.30. The SMILES string of the molecule is Oc1ccc(Cl)c(Br)c1Cc1c(O)ccc(Cl)c1Br. The van der Waals surface area contributed by atoms with Gasteiger partial charge in [-0.3, -0.25) is 0 Å². The van der Waals surface area contributed by atoms with Gasteiger partial charge in [0.05, 0.1) is 10.0 Å². The predicted molar refractivity (Wildman–Crippen MR) is 84.4 cm³/mol. The summed E-state index contributed by atoms with van der Waals surface area (Å²) in [4.78, 5) is 0. The molecule has 0 atom stereocenters. The van der Waals surface area contributed by atoms with Gasteiger partial charge in [-0.15, -0.1) is 0 Å². The van der Waals surface area contributed by atoms with E-state index in [2.05, 4.69) is 31.9 Å². The Balaban J connectivity index is 2.54. The largest absolute Gasteiger partial charge is 0.508 e. The molecule has 2 rings (SSSR count). The van der Waals surface area contributed by atoms with Gasteiger partial charge in [-0.25, -0.2) is 0 Å². The molecule has 0 aliphatic carbocycles. The van der Waals surface area contributed by atoms with E-state index in [4.69, 9.17) is 23.2 Å². The van der Waals surface area contributed by atoms with Gasteiger partial charge >= 0.3 is 0 Å². The molecule has 0 aromatic heterocycles. The molecule has 0 bridgehead atoms. The van der Waals surface area contributed by atoms with Crippen LogP contribution in [0, 0.1) is 0 Å². The molecule has 2 N–H and O–H groups in total. The second kappa shape index (κ2) is 5.92. The van der Waals surface area contributed by atoms with Gasteiger partial charge in [0.25, 0.3) is 0 Å². The van der Waals surface area contributed by atoms with Gasteiger partial charge in [0.15, 0.2) is 0 Å². The molecule has 2 aromatic rings. The number of halogens is 4. The normalized spacial score (nSPS) is 10.7. The molecule has 0 spiro atoms. The summed E-state index contributed by atoms with van der Waals surface area (Å²) in [5.41, 5.74) is 1.18. The maximum atomic E-state index is 9.91. The Bertz CT molecular complexity index is 590. The molecule has 0 radical (unpaired) electrons. The summed E-state index contributed by atoms with van der Waals surface area (Å²) >= 11 is 18.7. The minimum Gasteiger partial charge on any atom is -0.508 e. The zero-order valence-electron chi connectivity index (χ0n) is 9.42. The van der Waals surface area contributed by atoms with Crippen molar-refractivity contribution in [1.29, 1.82) is 0 Å². The molecular weight excluding hydrogens is 419 g/mol. The molecule has 2 aromatic carbocycles. The molecular formula is C13H8Br2Cl2O2. The van der Waals surface area contributed by atoms with Gasteiger partial charge in [0, 0.05) is 26.5 Å². The molecule has 100 valence electrons. The third-order valence-corrected chi connectivity index (χ3v) is 5.59. The zero-order valence-corrected chi connectivity index (χ0v) is 14.1. The summed E-state index contributed by atoms with van der Waals surface area (Å²) in [5.74, 6) is 0.199. The van der Waals surface area contributed by atoms with Crippen molar-refractivity contribution in [1.82, 2.24) is 0 Å². The van der Waals surface area contributed by atoms with E-state index in [1.165, 1.54) is 12.1 Å². The monoisotopic (exact) mass is 424 g/mol. The van der Waals surface area contributed by atoms with Gasteiger partial charge in [-0.05, 0) is 56.1 Å². The molecule has 0 aliphatic heterocycles. The lowest BCUT2D eigenvalue weighted by Crippen LogP contribution is -1.94. The van der Waals surface area contributed by atoms with Crippen molar-refractivity contribution < 1.29 is 10.2 Å². The molecule has 0 aliphatic rings. The third-order valence-electron chi connectivity index (χ3n) is 2.70. The second-order valence-electron chi connectivity index (χ2n) is 3.89. The summed E-state index contributed by atoms with van der Waals surface area (Å²) in [6.07, 6.45) is 0.292. The van der Waals surface area contributed by atoms with E-state index in [-0.39, 0.29) is 11.5 Å². The highest BCUT2D eigenvalue weighted by atomic mass is 79.9. The lowest BCUT2D eigenvalue weighted by molar-refractivity contribution is 0.462. The van der Waals surface area contributed by atoms with Crippen LogP contribution in [0.1, 0.15) is 11.1 Å². The molecule has 0 heterocycles. The summed E-state index contributed by atoms with van der Waals surface area (Å²) in [7, 11) is 0. The average molecular weight is 427 g/mol. The minimum absolute atomic E-state index is 0.0996. The first-order valence-corrected chi connectivity index (χ1v) is 7.57. The van der Waals surface area contributed by atoms with Gasteiger partial charge in [-0.2, -0.15) is 0 Å². The van der Waals surface area contributed by atoms with Crippen LogP contribution >= 0.6 is 55.1 Å². The van der Waals surface area contributed by atoms with Crippen LogP contribution in [-0.2, 0) is 6.42 Å². The van der Waals surface area contributed by atoms with Crippen molar-refractivity contribution in [2.45, 2.75) is 6.42 Å². The van der Waals surface area contributed by atoms with Crippen LogP contribution < -0.4 is 0 Å². The molecule has 19 heavy (non-hydrogen) atoms. The fourth-order valence-corrected chi connectivity index (χ4v) is 2.98. The van der Waals surface area contributed by atoms with Crippen LogP contribution in [0.15, 0.2) is 33.2 Å². The highest BCUT2D eigenvalue weighted by Gasteiger charge is 2.16. The number of benzene rings is 2. The molecule has 0 saturated carbocycles.